The van der Waals surface area contributed by atoms with Crippen molar-refractivity contribution in [1.29, 1.82) is 0 Å². The molecule has 0 saturated carbocycles. The average Bonchev–Trinajstić information content (AvgIpc) is 2.82. The minimum atomic E-state index is -4.13. The molecule has 8 nitrogen and oxygen atoms in total. The normalized spacial score (nSPS) is 11.3. The number of sulfonamides is 1. The van der Waals surface area contributed by atoms with E-state index in [9.17, 15) is 13.2 Å². The van der Waals surface area contributed by atoms with Crippen LogP contribution < -0.4 is 14.5 Å². The fraction of sp³-hybridized carbons (Fsp3) is 0.0909. The molecule has 0 bridgehead atoms. The van der Waals surface area contributed by atoms with E-state index in [0.717, 1.165) is 9.87 Å². The van der Waals surface area contributed by atoms with Gasteiger partial charge in [-0.3, -0.25) is 19.3 Å². The van der Waals surface area contributed by atoms with Crippen LogP contribution in [0.15, 0.2) is 78.0 Å². The summed E-state index contributed by atoms with van der Waals surface area (Å²) in [5, 5.41) is 9.00. The number of methoxy groups -OCH3 is 1. The second-order valence-electron chi connectivity index (χ2n) is 6.40. The first kappa shape index (κ1) is 22.0. The molecule has 2 aromatic carbocycles. The molecule has 3 aromatic rings. The van der Waals surface area contributed by atoms with Crippen LogP contribution in [0, 0.1) is 0 Å². The summed E-state index contributed by atoms with van der Waals surface area (Å²) in [4.78, 5) is 16.0. The van der Waals surface area contributed by atoms with Crippen molar-refractivity contribution in [2.45, 2.75) is 4.90 Å². The molecule has 0 aliphatic heterocycles. The van der Waals surface area contributed by atoms with Gasteiger partial charge in [-0.05, 0) is 47.5 Å². The smallest absolute Gasteiger partial charge is 0.264 e. The number of hydroxylamine groups is 1. The zero-order valence-corrected chi connectivity index (χ0v) is 17.5. The fourth-order valence-electron chi connectivity index (χ4n) is 2.86. The molecule has 0 saturated heterocycles. The lowest BCUT2D eigenvalue weighted by molar-refractivity contribution is -0.127. The van der Waals surface area contributed by atoms with E-state index in [-0.39, 0.29) is 10.6 Å². The van der Waals surface area contributed by atoms with Crippen molar-refractivity contribution >= 4 is 33.8 Å². The molecule has 160 valence electrons. The van der Waals surface area contributed by atoms with Gasteiger partial charge in [0.05, 0.1) is 17.7 Å². The van der Waals surface area contributed by atoms with Crippen molar-refractivity contribution in [3.63, 3.8) is 0 Å². The molecular formula is C22H21N3O5S. The van der Waals surface area contributed by atoms with Crippen LogP contribution in [0.1, 0.15) is 11.1 Å². The van der Waals surface area contributed by atoms with E-state index in [4.69, 9.17) is 9.94 Å². The molecule has 0 aliphatic rings. The maximum absolute atomic E-state index is 13.4. The number of pyridine rings is 1. The second-order valence-corrected chi connectivity index (χ2v) is 8.26. The maximum Gasteiger partial charge on any atom is 0.264 e. The largest absolute Gasteiger partial charge is 0.497 e. The summed E-state index contributed by atoms with van der Waals surface area (Å²) in [6, 6.07) is 16.2. The topological polar surface area (TPSA) is 109 Å². The van der Waals surface area contributed by atoms with Gasteiger partial charge in [-0.1, -0.05) is 36.4 Å². The van der Waals surface area contributed by atoms with E-state index in [2.05, 4.69) is 4.98 Å². The molecule has 0 aliphatic carbocycles. The summed E-state index contributed by atoms with van der Waals surface area (Å²) < 4.78 is 32.8. The summed E-state index contributed by atoms with van der Waals surface area (Å²) in [6.07, 6.45) is 6.85. The highest BCUT2D eigenvalue weighted by Crippen LogP contribution is 2.29. The first-order valence-electron chi connectivity index (χ1n) is 9.22. The molecule has 1 heterocycles. The number of aromatic nitrogens is 1. The number of carbonyl (C=O) groups is 1. The Morgan fingerprint density at radius 1 is 1.10 bits per heavy atom. The third kappa shape index (κ3) is 5.27. The third-order valence-electron chi connectivity index (χ3n) is 4.40. The van der Waals surface area contributed by atoms with E-state index in [0.29, 0.717) is 11.3 Å². The number of nitrogens with one attached hydrogen (secondary N) is 1. The number of para-hydroxylation sites is 1. The molecule has 0 fully saturated rings. The SMILES string of the molecule is COc1ccc(S(=O)(=O)N(CC(=O)NO)c2ccccc2/C=C\c2cccnc2)cc1. The second kappa shape index (κ2) is 9.88. The highest BCUT2D eigenvalue weighted by Gasteiger charge is 2.28. The molecule has 31 heavy (non-hydrogen) atoms. The minimum Gasteiger partial charge on any atom is -0.497 e. The van der Waals surface area contributed by atoms with Gasteiger partial charge in [-0.25, -0.2) is 13.9 Å². The van der Waals surface area contributed by atoms with Gasteiger partial charge in [-0.2, -0.15) is 0 Å². The van der Waals surface area contributed by atoms with Crippen molar-refractivity contribution in [1.82, 2.24) is 10.5 Å². The Morgan fingerprint density at radius 2 is 1.84 bits per heavy atom. The van der Waals surface area contributed by atoms with Crippen LogP contribution in [-0.2, 0) is 14.8 Å². The summed E-state index contributed by atoms with van der Waals surface area (Å²) in [5.41, 5.74) is 3.17. The Kier molecular flexibility index (Phi) is 7.01. The number of carbonyl (C=O) groups excluding carboxylic acids is 1. The van der Waals surface area contributed by atoms with Crippen molar-refractivity contribution in [2.24, 2.45) is 0 Å². The molecule has 3 rings (SSSR count). The van der Waals surface area contributed by atoms with Gasteiger partial charge in [0, 0.05) is 12.4 Å². The van der Waals surface area contributed by atoms with Gasteiger partial charge in [0.25, 0.3) is 15.9 Å². The van der Waals surface area contributed by atoms with Crippen LogP contribution in [0.2, 0.25) is 0 Å². The number of nitrogens with zero attached hydrogens (tertiary/aromatic N) is 2. The average molecular weight is 439 g/mol. The number of anilines is 1. The lowest BCUT2D eigenvalue weighted by atomic mass is 10.1. The summed E-state index contributed by atoms with van der Waals surface area (Å²) in [6.45, 7) is -0.609. The first-order valence-corrected chi connectivity index (χ1v) is 10.7. The zero-order chi connectivity index (χ0) is 22.3. The predicted molar refractivity (Wildman–Crippen MR) is 117 cm³/mol. The van der Waals surface area contributed by atoms with Crippen LogP contribution in [0.25, 0.3) is 12.2 Å². The van der Waals surface area contributed by atoms with E-state index >= 15 is 0 Å². The van der Waals surface area contributed by atoms with Crippen LogP contribution in [0.5, 0.6) is 5.75 Å². The third-order valence-corrected chi connectivity index (χ3v) is 6.18. The Morgan fingerprint density at radius 3 is 2.48 bits per heavy atom. The Labute approximate surface area is 180 Å². The van der Waals surface area contributed by atoms with E-state index in [1.807, 2.05) is 6.07 Å². The lowest BCUT2D eigenvalue weighted by Gasteiger charge is -2.25. The first-order chi connectivity index (χ1) is 15.0. The van der Waals surface area contributed by atoms with Crippen LogP contribution in [-0.4, -0.2) is 38.2 Å². The molecule has 0 atom stereocenters. The number of rotatable bonds is 8. The Bertz CT molecular complexity index is 1160. The lowest BCUT2D eigenvalue weighted by Crippen LogP contribution is -2.40. The fourth-order valence-corrected chi connectivity index (χ4v) is 4.30. The van der Waals surface area contributed by atoms with Crippen molar-refractivity contribution < 1.29 is 23.2 Å². The number of hydrogen-bond acceptors (Lipinski definition) is 6. The van der Waals surface area contributed by atoms with Crippen LogP contribution in [0.3, 0.4) is 0 Å². The quantitative estimate of drug-likeness (QED) is 0.413. The number of benzene rings is 2. The number of hydrogen-bond donors (Lipinski definition) is 2. The summed E-state index contributed by atoms with van der Waals surface area (Å²) in [5.74, 6) is -0.374. The summed E-state index contributed by atoms with van der Waals surface area (Å²) in [7, 11) is -2.65. The molecule has 9 heteroatoms. The Hall–Kier alpha value is -3.69. The van der Waals surface area contributed by atoms with Gasteiger partial charge in [0.1, 0.15) is 12.3 Å². The molecule has 0 radical (unpaired) electrons. The zero-order valence-electron chi connectivity index (χ0n) is 16.7. The van der Waals surface area contributed by atoms with Crippen LogP contribution >= 0.6 is 0 Å². The minimum absolute atomic E-state index is 0.0231. The van der Waals surface area contributed by atoms with Crippen molar-refractivity contribution in [3.05, 3.63) is 84.2 Å². The monoisotopic (exact) mass is 439 g/mol. The van der Waals surface area contributed by atoms with Crippen molar-refractivity contribution in [2.75, 3.05) is 18.0 Å². The maximum atomic E-state index is 13.4. The van der Waals surface area contributed by atoms with Gasteiger partial charge in [0.2, 0.25) is 0 Å². The van der Waals surface area contributed by atoms with Gasteiger partial charge < -0.3 is 4.74 Å². The molecule has 2 N–H and O–H groups in total. The Balaban J connectivity index is 2.07. The predicted octanol–water partition coefficient (Wildman–Crippen LogP) is 2.96. The molecule has 1 amide bonds. The number of amides is 1. The van der Waals surface area contributed by atoms with E-state index < -0.39 is 22.5 Å². The number of ether oxygens (including phenoxy) is 1. The van der Waals surface area contributed by atoms with Gasteiger partial charge in [-0.15, -0.1) is 0 Å². The molecular weight excluding hydrogens is 418 g/mol. The highest BCUT2D eigenvalue weighted by molar-refractivity contribution is 7.92. The molecule has 0 unspecified atom stereocenters. The van der Waals surface area contributed by atoms with Crippen molar-refractivity contribution in [3.8, 4) is 5.75 Å². The molecule has 1 aromatic heterocycles. The van der Waals surface area contributed by atoms with E-state index in [1.165, 1.54) is 36.9 Å². The van der Waals surface area contributed by atoms with Gasteiger partial charge in [0.15, 0.2) is 0 Å². The summed E-state index contributed by atoms with van der Waals surface area (Å²) >= 11 is 0. The molecule has 0 spiro atoms. The van der Waals surface area contributed by atoms with Gasteiger partial charge >= 0.3 is 0 Å². The van der Waals surface area contributed by atoms with Crippen LogP contribution in [0.4, 0.5) is 5.69 Å². The van der Waals surface area contributed by atoms with E-state index in [1.54, 1.807) is 54.9 Å². The highest BCUT2D eigenvalue weighted by atomic mass is 32.2. The standard InChI is InChI=1S/C22H21N3O5S/c1-30-19-10-12-20(13-11-19)31(28,29)25(16-22(26)24-27)21-7-3-2-6-18(21)9-8-17-5-4-14-23-15-17/h2-15,27H,16H2,1H3,(H,24,26)/b9-8-.